The number of nitrogens with one attached hydrogen (secondary N) is 2. The molecule has 1 heterocycles. The van der Waals surface area contributed by atoms with E-state index in [0.29, 0.717) is 0 Å². The van der Waals surface area contributed by atoms with Crippen LogP contribution < -0.4 is 5.32 Å². The van der Waals surface area contributed by atoms with Crippen LogP contribution >= 0.6 is 0 Å². The molecule has 1 saturated carbocycles. The maximum atomic E-state index is 3.56. The third kappa shape index (κ3) is 2.02. The number of rotatable bonds is 4. The van der Waals surface area contributed by atoms with Gasteiger partial charge in [-0.1, -0.05) is 24.3 Å². The van der Waals surface area contributed by atoms with Crippen molar-refractivity contribution in [1.29, 1.82) is 0 Å². The first-order valence-corrected chi connectivity index (χ1v) is 5.88. The molecule has 0 spiro atoms. The number of H-pyrrole nitrogens is 1. The normalized spacial score (nSPS) is 15.2. The van der Waals surface area contributed by atoms with E-state index in [1.54, 1.807) is 0 Å². The first-order chi connectivity index (χ1) is 7.93. The summed E-state index contributed by atoms with van der Waals surface area (Å²) in [5.41, 5.74) is 3.88. The van der Waals surface area contributed by atoms with E-state index < -0.39 is 0 Å². The molecule has 2 nitrogen and oxygen atoms in total. The quantitative estimate of drug-likeness (QED) is 0.801. The molecule has 0 aliphatic heterocycles. The molecule has 1 aliphatic carbocycles. The van der Waals surface area contributed by atoms with Crippen molar-refractivity contribution in [3.8, 4) is 11.3 Å². The van der Waals surface area contributed by atoms with Crippen LogP contribution in [0.1, 0.15) is 18.4 Å². The summed E-state index contributed by atoms with van der Waals surface area (Å²) in [6.45, 7) is 0.972. The molecule has 1 aromatic heterocycles. The van der Waals surface area contributed by atoms with Crippen LogP contribution in [0, 0.1) is 0 Å². The number of aromatic nitrogens is 1. The van der Waals surface area contributed by atoms with Gasteiger partial charge in [-0.2, -0.15) is 0 Å². The van der Waals surface area contributed by atoms with E-state index in [1.165, 1.54) is 29.7 Å². The maximum absolute atomic E-state index is 3.56. The summed E-state index contributed by atoms with van der Waals surface area (Å²) in [4.78, 5) is 3.27. The van der Waals surface area contributed by atoms with Crippen molar-refractivity contribution in [2.24, 2.45) is 0 Å². The molecule has 0 radical (unpaired) electrons. The summed E-state index contributed by atoms with van der Waals surface area (Å²) in [6.07, 6.45) is 4.65. The Morgan fingerprint density at radius 2 is 2.00 bits per heavy atom. The van der Waals surface area contributed by atoms with E-state index in [0.717, 1.165) is 12.6 Å². The van der Waals surface area contributed by atoms with E-state index in [1.807, 2.05) is 12.3 Å². The van der Waals surface area contributed by atoms with Crippen LogP contribution in [0.3, 0.4) is 0 Å². The lowest BCUT2D eigenvalue weighted by Crippen LogP contribution is -2.15. The van der Waals surface area contributed by atoms with Gasteiger partial charge >= 0.3 is 0 Å². The second kappa shape index (κ2) is 4.14. The number of benzene rings is 1. The molecule has 1 fully saturated rings. The Kier molecular flexibility index (Phi) is 2.50. The van der Waals surface area contributed by atoms with Gasteiger partial charge in [0.15, 0.2) is 0 Å². The minimum Gasteiger partial charge on any atom is -0.361 e. The van der Waals surface area contributed by atoms with Gasteiger partial charge in [0.25, 0.3) is 0 Å². The van der Waals surface area contributed by atoms with Gasteiger partial charge in [0.2, 0.25) is 0 Å². The van der Waals surface area contributed by atoms with Crippen molar-refractivity contribution in [2.75, 3.05) is 0 Å². The molecule has 16 heavy (non-hydrogen) atoms. The van der Waals surface area contributed by atoms with Gasteiger partial charge in [0, 0.05) is 30.0 Å². The molecular formula is C14H16N2. The third-order valence-electron chi connectivity index (χ3n) is 3.06. The molecule has 0 bridgehead atoms. The van der Waals surface area contributed by atoms with Crippen molar-refractivity contribution < 1.29 is 0 Å². The average Bonchev–Trinajstić information content (AvgIpc) is 3.00. The molecule has 0 saturated heterocycles. The Hall–Kier alpha value is -1.54. The molecule has 82 valence electrons. The zero-order chi connectivity index (χ0) is 10.8. The summed E-state index contributed by atoms with van der Waals surface area (Å²) >= 11 is 0. The monoisotopic (exact) mass is 212 g/mol. The molecule has 0 atom stereocenters. The maximum Gasteiger partial charge on any atom is 0.0457 e. The fourth-order valence-electron chi connectivity index (χ4n) is 1.98. The molecule has 1 aromatic carbocycles. The second-order valence-electron chi connectivity index (χ2n) is 4.40. The SMILES string of the molecule is c1c[nH]c(-c2ccccc2CNC2CC2)c1. The van der Waals surface area contributed by atoms with Gasteiger partial charge in [0.05, 0.1) is 0 Å². The van der Waals surface area contributed by atoms with E-state index in [9.17, 15) is 0 Å². The van der Waals surface area contributed by atoms with Crippen LogP contribution in [0.4, 0.5) is 0 Å². The predicted molar refractivity (Wildman–Crippen MR) is 66.1 cm³/mol. The highest BCUT2D eigenvalue weighted by molar-refractivity contribution is 5.63. The highest BCUT2D eigenvalue weighted by atomic mass is 14.9. The van der Waals surface area contributed by atoms with Crippen LogP contribution in [-0.4, -0.2) is 11.0 Å². The van der Waals surface area contributed by atoms with Gasteiger partial charge in [-0.3, -0.25) is 0 Å². The lowest BCUT2D eigenvalue weighted by Gasteiger charge is -2.08. The molecule has 2 N–H and O–H groups in total. The molecule has 2 aromatic rings. The number of hydrogen-bond acceptors (Lipinski definition) is 1. The summed E-state index contributed by atoms with van der Waals surface area (Å²) in [7, 11) is 0. The molecule has 2 heteroatoms. The summed E-state index contributed by atoms with van der Waals surface area (Å²) < 4.78 is 0. The van der Waals surface area contributed by atoms with Gasteiger partial charge in [0.1, 0.15) is 0 Å². The summed E-state index contributed by atoms with van der Waals surface area (Å²) in [5, 5.41) is 3.56. The lowest BCUT2D eigenvalue weighted by atomic mass is 10.0. The fraction of sp³-hybridized carbons (Fsp3) is 0.286. The lowest BCUT2D eigenvalue weighted by molar-refractivity contribution is 0.688. The minimum absolute atomic E-state index is 0.761. The smallest absolute Gasteiger partial charge is 0.0457 e. The molecule has 0 amide bonds. The fourth-order valence-corrected chi connectivity index (χ4v) is 1.98. The van der Waals surface area contributed by atoms with E-state index in [4.69, 9.17) is 0 Å². The standard InChI is InChI=1S/C14H16N2/c1-2-5-13(14-6-3-9-15-14)11(4-1)10-16-12-7-8-12/h1-6,9,12,15-16H,7-8,10H2. The Morgan fingerprint density at radius 3 is 2.75 bits per heavy atom. The zero-order valence-electron chi connectivity index (χ0n) is 9.24. The van der Waals surface area contributed by atoms with Gasteiger partial charge in [-0.15, -0.1) is 0 Å². The number of hydrogen-bond donors (Lipinski definition) is 2. The molecular weight excluding hydrogens is 196 g/mol. The van der Waals surface area contributed by atoms with E-state index >= 15 is 0 Å². The molecule has 3 rings (SSSR count). The molecule has 0 unspecified atom stereocenters. The topological polar surface area (TPSA) is 27.8 Å². The Bertz CT molecular complexity index is 455. The van der Waals surface area contributed by atoms with Crippen LogP contribution in [0.25, 0.3) is 11.3 Å². The van der Waals surface area contributed by atoms with Crippen LogP contribution in [0.5, 0.6) is 0 Å². The zero-order valence-corrected chi connectivity index (χ0v) is 9.24. The van der Waals surface area contributed by atoms with Crippen LogP contribution in [0.15, 0.2) is 42.6 Å². The predicted octanol–water partition coefficient (Wildman–Crippen LogP) is 2.93. The van der Waals surface area contributed by atoms with Crippen molar-refractivity contribution in [1.82, 2.24) is 10.3 Å². The van der Waals surface area contributed by atoms with Crippen molar-refractivity contribution in [3.05, 3.63) is 48.2 Å². The highest BCUT2D eigenvalue weighted by Gasteiger charge is 2.20. The minimum atomic E-state index is 0.761. The molecule has 1 aliphatic rings. The first kappa shape index (κ1) is 9.67. The van der Waals surface area contributed by atoms with Gasteiger partial charge < -0.3 is 10.3 Å². The Labute approximate surface area is 95.7 Å². The largest absolute Gasteiger partial charge is 0.361 e. The average molecular weight is 212 g/mol. The third-order valence-corrected chi connectivity index (χ3v) is 3.06. The summed E-state index contributed by atoms with van der Waals surface area (Å²) in [5.74, 6) is 0. The highest BCUT2D eigenvalue weighted by Crippen LogP contribution is 2.24. The van der Waals surface area contributed by atoms with E-state index in [2.05, 4.69) is 40.6 Å². The Morgan fingerprint density at radius 1 is 1.12 bits per heavy atom. The van der Waals surface area contributed by atoms with Gasteiger partial charge in [-0.25, -0.2) is 0 Å². The second-order valence-corrected chi connectivity index (χ2v) is 4.40. The summed E-state index contributed by atoms with van der Waals surface area (Å²) in [6, 6.07) is 13.5. The van der Waals surface area contributed by atoms with E-state index in [-0.39, 0.29) is 0 Å². The van der Waals surface area contributed by atoms with Crippen LogP contribution in [-0.2, 0) is 6.54 Å². The van der Waals surface area contributed by atoms with Crippen molar-refractivity contribution >= 4 is 0 Å². The van der Waals surface area contributed by atoms with Crippen molar-refractivity contribution in [3.63, 3.8) is 0 Å². The van der Waals surface area contributed by atoms with Gasteiger partial charge in [-0.05, 0) is 30.5 Å². The first-order valence-electron chi connectivity index (χ1n) is 5.88. The Balaban J connectivity index is 1.85. The van der Waals surface area contributed by atoms with Crippen molar-refractivity contribution in [2.45, 2.75) is 25.4 Å². The van der Waals surface area contributed by atoms with Crippen LogP contribution in [0.2, 0.25) is 0 Å². The number of aromatic amines is 1.